The normalized spacial score (nSPS) is 21.7. The average Bonchev–Trinajstić information content (AvgIpc) is 3.22. The Morgan fingerprint density at radius 2 is 2.19 bits per heavy atom. The highest BCUT2D eigenvalue weighted by atomic mass is 35.5. The van der Waals surface area contributed by atoms with Crippen molar-refractivity contribution in [1.29, 1.82) is 0 Å². The van der Waals surface area contributed by atoms with Gasteiger partial charge in [0.05, 0.1) is 16.6 Å². The maximum atomic E-state index is 12.0. The molecule has 1 fully saturated rings. The van der Waals surface area contributed by atoms with Crippen molar-refractivity contribution in [3.05, 3.63) is 33.8 Å². The second-order valence-corrected chi connectivity index (χ2v) is 5.68. The topological polar surface area (TPSA) is 75.6 Å². The molecule has 1 saturated carbocycles. The molecule has 5 nitrogen and oxygen atoms in total. The molecule has 114 valence electrons. The Labute approximate surface area is 132 Å². The van der Waals surface area contributed by atoms with Crippen molar-refractivity contribution >= 4 is 35.1 Å². The second-order valence-electron chi connectivity index (χ2n) is 4.90. The number of methoxy groups -OCH3 is 1. The van der Waals surface area contributed by atoms with Crippen LogP contribution in [0.2, 0.25) is 10.0 Å². The highest BCUT2D eigenvalue weighted by Gasteiger charge is 2.45. The van der Waals surface area contributed by atoms with Gasteiger partial charge in [-0.2, -0.15) is 0 Å². The Kier molecular flexibility index (Phi) is 5.08. The molecule has 0 bridgehead atoms. The van der Waals surface area contributed by atoms with Gasteiger partial charge in [-0.3, -0.25) is 4.79 Å². The van der Waals surface area contributed by atoms with Gasteiger partial charge in [-0.1, -0.05) is 35.3 Å². The van der Waals surface area contributed by atoms with Crippen LogP contribution < -0.4 is 5.32 Å². The van der Waals surface area contributed by atoms with E-state index in [4.69, 9.17) is 33.0 Å². The number of benzene rings is 1. The molecule has 0 aromatic heterocycles. The zero-order valence-electron chi connectivity index (χ0n) is 11.3. The summed E-state index contributed by atoms with van der Waals surface area (Å²) in [6.45, 7) is -0.0584. The smallest absolute Gasteiger partial charge is 0.334 e. The SMILES string of the molecule is COC(CNC(=O)C1CC1c1cccc(Cl)c1Cl)C(=O)O. The number of nitrogens with one attached hydrogen (secondary N) is 1. The van der Waals surface area contributed by atoms with Crippen LogP contribution in [0, 0.1) is 5.92 Å². The van der Waals surface area contributed by atoms with E-state index in [0.717, 1.165) is 5.56 Å². The molecule has 1 aromatic carbocycles. The van der Waals surface area contributed by atoms with E-state index in [1.54, 1.807) is 12.1 Å². The summed E-state index contributed by atoms with van der Waals surface area (Å²) >= 11 is 12.1. The van der Waals surface area contributed by atoms with Crippen LogP contribution in [0.5, 0.6) is 0 Å². The lowest BCUT2D eigenvalue weighted by atomic mass is 10.1. The van der Waals surface area contributed by atoms with Crippen molar-refractivity contribution in [1.82, 2.24) is 5.32 Å². The van der Waals surface area contributed by atoms with E-state index >= 15 is 0 Å². The van der Waals surface area contributed by atoms with Crippen LogP contribution in [-0.2, 0) is 14.3 Å². The fourth-order valence-corrected chi connectivity index (χ4v) is 2.68. The molecule has 0 heterocycles. The van der Waals surface area contributed by atoms with E-state index in [0.29, 0.717) is 16.5 Å². The molecule has 1 aromatic rings. The predicted octanol–water partition coefficient (Wildman–Crippen LogP) is 2.31. The second kappa shape index (κ2) is 6.64. The third kappa shape index (κ3) is 3.67. The summed E-state index contributed by atoms with van der Waals surface area (Å²) in [5.74, 6) is -1.48. The molecule has 0 aliphatic heterocycles. The fourth-order valence-electron chi connectivity index (χ4n) is 2.23. The highest BCUT2D eigenvalue weighted by Crippen LogP contribution is 2.50. The molecular formula is C14H15Cl2NO4. The molecule has 0 radical (unpaired) electrons. The minimum atomic E-state index is -1.11. The lowest BCUT2D eigenvalue weighted by Crippen LogP contribution is -2.38. The fraction of sp³-hybridized carbons (Fsp3) is 0.429. The van der Waals surface area contributed by atoms with E-state index in [2.05, 4.69) is 5.32 Å². The van der Waals surface area contributed by atoms with Gasteiger partial charge in [-0.15, -0.1) is 0 Å². The van der Waals surface area contributed by atoms with Crippen molar-refractivity contribution in [3.8, 4) is 0 Å². The summed E-state index contributed by atoms with van der Waals surface area (Å²) in [6.07, 6.45) is -0.364. The van der Waals surface area contributed by atoms with Crippen LogP contribution in [0.15, 0.2) is 18.2 Å². The van der Waals surface area contributed by atoms with Crippen LogP contribution in [0.25, 0.3) is 0 Å². The van der Waals surface area contributed by atoms with Crippen molar-refractivity contribution < 1.29 is 19.4 Å². The van der Waals surface area contributed by atoms with Crippen molar-refractivity contribution in [2.45, 2.75) is 18.4 Å². The first kappa shape index (κ1) is 16.1. The van der Waals surface area contributed by atoms with Gasteiger partial charge in [0.25, 0.3) is 0 Å². The molecule has 2 rings (SSSR count). The van der Waals surface area contributed by atoms with Crippen LogP contribution >= 0.6 is 23.2 Å². The third-order valence-corrected chi connectivity index (χ3v) is 4.36. The first-order valence-electron chi connectivity index (χ1n) is 6.43. The Morgan fingerprint density at radius 3 is 2.81 bits per heavy atom. The quantitative estimate of drug-likeness (QED) is 0.838. The molecule has 7 heteroatoms. The van der Waals surface area contributed by atoms with E-state index in [1.807, 2.05) is 6.07 Å². The van der Waals surface area contributed by atoms with Gasteiger partial charge in [-0.25, -0.2) is 4.79 Å². The number of hydrogen-bond acceptors (Lipinski definition) is 3. The lowest BCUT2D eigenvalue weighted by Gasteiger charge is -2.11. The summed E-state index contributed by atoms with van der Waals surface area (Å²) in [5, 5.41) is 12.4. The van der Waals surface area contributed by atoms with Crippen molar-refractivity contribution in [2.24, 2.45) is 5.92 Å². The maximum absolute atomic E-state index is 12.0. The van der Waals surface area contributed by atoms with E-state index < -0.39 is 12.1 Å². The minimum absolute atomic E-state index is 0.0297. The molecule has 1 amide bonds. The number of aliphatic carboxylic acids is 1. The van der Waals surface area contributed by atoms with Crippen LogP contribution in [-0.4, -0.2) is 36.7 Å². The summed E-state index contributed by atoms with van der Waals surface area (Å²) < 4.78 is 4.76. The average molecular weight is 332 g/mol. The Hall–Kier alpha value is -1.30. The van der Waals surface area contributed by atoms with Gasteiger partial charge in [0.1, 0.15) is 0 Å². The number of carbonyl (C=O) groups excluding carboxylic acids is 1. The number of carboxylic acids is 1. The number of carbonyl (C=O) groups is 2. The highest BCUT2D eigenvalue weighted by molar-refractivity contribution is 6.42. The van der Waals surface area contributed by atoms with Gasteiger partial charge in [0, 0.05) is 13.0 Å². The molecule has 21 heavy (non-hydrogen) atoms. The third-order valence-electron chi connectivity index (χ3n) is 3.53. The number of ether oxygens (including phenoxy) is 1. The summed E-state index contributed by atoms with van der Waals surface area (Å²) in [5.41, 5.74) is 0.853. The van der Waals surface area contributed by atoms with Gasteiger partial charge in [0.2, 0.25) is 5.91 Å². The zero-order valence-corrected chi connectivity index (χ0v) is 12.8. The molecule has 2 N–H and O–H groups in total. The molecule has 0 spiro atoms. The van der Waals surface area contributed by atoms with E-state index in [1.165, 1.54) is 7.11 Å². The lowest BCUT2D eigenvalue weighted by molar-refractivity contribution is -0.148. The van der Waals surface area contributed by atoms with E-state index in [9.17, 15) is 9.59 Å². The van der Waals surface area contributed by atoms with Crippen molar-refractivity contribution in [2.75, 3.05) is 13.7 Å². The minimum Gasteiger partial charge on any atom is -0.479 e. The van der Waals surface area contributed by atoms with Gasteiger partial charge < -0.3 is 15.2 Å². The molecule has 3 atom stereocenters. The Morgan fingerprint density at radius 1 is 1.48 bits per heavy atom. The number of rotatable bonds is 6. The van der Waals surface area contributed by atoms with Gasteiger partial charge in [0.15, 0.2) is 6.10 Å². The number of hydrogen-bond donors (Lipinski definition) is 2. The first-order valence-corrected chi connectivity index (χ1v) is 7.18. The number of halogens is 2. The monoisotopic (exact) mass is 331 g/mol. The van der Waals surface area contributed by atoms with Crippen molar-refractivity contribution in [3.63, 3.8) is 0 Å². The van der Waals surface area contributed by atoms with Gasteiger partial charge in [-0.05, 0) is 24.0 Å². The molecule has 1 aliphatic rings. The number of carboxylic acid groups (broad SMARTS) is 1. The summed E-state index contributed by atoms with van der Waals surface area (Å²) in [4.78, 5) is 22.8. The predicted molar refractivity (Wildman–Crippen MR) is 78.8 cm³/mol. The van der Waals surface area contributed by atoms with Crippen LogP contribution in [0.3, 0.4) is 0 Å². The molecular weight excluding hydrogens is 317 g/mol. The molecule has 3 unspecified atom stereocenters. The maximum Gasteiger partial charge on any atom is 0.334 e. The number of amides is 1. The van der Waals surface area contributed by atoms with Crippen LogP contribution in [0.1, 0.15) is 17.9 Å². The Bertz CT molecular complexity index is 564. The zero-order chi connectivity index (χ0) is 15.6. The molecule has 0 saturated heterocycles. The Balaban J connectivity index is 1.92. The largest absolute Gasteiger partial charge is 0.479 e. The summed E-state index contributed by atoms with van der Waals surface area (Å²) in [7, 11) is 1.29. The first-order chi connectivity index (χ1) is 9.95. The summed E-state index contributed by atoms with van der Waals surface area (Å²) in [6, 6.07) is 5.34. The van der Waals surface area contributed by atoms with Gasteiger partial charge >= 0.3 is 5.97 Å². The standard InChI is InChI=1S/C14H15Cl2NO4/c1-21-11(14(19)20)6-17-13(18)9-5-8(9)7-3-2-4-10(15)12(7)16/h2-4,8-9,11H,5-6H2,1H3,(H,17,18)(H,19,20). The molecule has 1 aliphatic carbocycles. The van der Waals surface area contributed by atoms with E-state index in [-0.39, 0.29) is 24.3 Å². The van der Waals surface area contributed by atoms with Crippen LogP contribution in [0.4, 0.5) is 0 Å².